The number of rotatable bonds is 6. The summed E-state index contributed by atoms with van der Waals surface area (Å²) in [6.45, 7) is 7.14. The third-order valence-corrected chi connectivity index (χ3v) is 3.59. The quantitative estimate of drug-likeness (QED) is 0.858. The van der Waals surface area contributed by atoms with Gasteiger partial charge in [-0.25, -0.2) is 0 Å². The summed E-state index contributed by atoms with van der Waals surface area (Å²) in [6.07, 6.45) is 1.60. The molecule has 0 fully saturated rings. The van der Waals surface area contributed by atoms with Crippen molar-refractivity contribution in [1.29, 1.82) is 0 Å². The molecule has 4 nitrogen and oxygen atoms in total. The van der Waals surface area contributed by atoms with Gasteiger partial charge in [-0.2, -0.15) is 0 Å². The number of aryl methyl sites for hydroxylation is 2. The Morgan fingerprint density at radius 1 is 1.19 bits per heavy atom. The van der Waals surface area contributed by atoms with E-state index in [0.717, 1.165) is 5.76 Å². The molecule has 0 spiro atoms. The highest BCUT2D eigenvalue weighted by Crippen LogP contribution is 2.09. The number of hydrogen-bond donors (Lipinski definition) is 2. The van der Waals surface area contributed by atoms with E-state index >= 15 is 0 Å². The van der Waals surface area contributed by atoms with Gasteiger partial charge in [-0.1, -0.05) is 18.2 Å². The van der Waals surface area contributed by atoms with Crippen LogP contribution in [-0.4, -0.2) is 11.9 Å². The van der Waals surface area contributed by atoms with Gasteiger partial charge in [0.1, 0.15) is 5.76 Å². The largest absolute Gasteiger partial charge is 0.467 e. The molecular formula is C17H22N2O2. The Kier molecular flexibility index (Phi) is 5.17. The second-order valence-electron chi connectivity index (χ2n) is 5.32. The van der Waals surface area contributed by atoms with E-state index in [9.17, 15) is 4.79 Å². The lowest BCUT2D eigenvalue weighted by Crippen LogP contribution is -2.41. The van der Waals surface area contributed by atoms with Crippen LogP contribution in [0.4, 0.5) is 0 Å². The Balaban J connectivity index is 1.79. The van der Waals surface area contributed by atoms with E-state index in [1.807, 2.05) is 19.1 Å². The molecule has 0 saturated heterocycles. The Bertz CT molecular complexity index is 591. The maximum Gasteiger partial charge on any atom is 0.237 e. The molecule has 0 saturated carbocycles. The normalized spacial score (nSPS) is 12.1. The zero-order chi connectivity index (χ0) is 15.2. The van der Waals surface area contributed by atoms with Gasteiger partial charge in [0.15, 0.2) is 0 Å². The first-order valence-corrected chi connectivity index (χ1v) is 7.16. The molecule has 112 valence electrons. The van der Waals surface area contributed by atoms with E-state index < -0.39 is 0 Å². The molecule has 4 heteroatoms. The highest BCUT2D eigenvalue weighted by molar-refractivity contribution is 5.81. The van der Waals surface area contributed by atoms with Crippen molar-refractivity contribution in [1.82, 2.24) is 10.6 Å². The number of benzene rings is 1. The van der Waals surface area contributed by atoms with Gasteiger partial charge in [-0.3, -0.25) is 4.79 Å². The van der Waals surface area contributed by atoms with Gasteiger partial charge >= 0.3 is 0 Å². The number of carbonyl (C=O) groups is 1. The Morgan fingerprint density at radius 2 is 2.00 bits per heavy atom. The lowest BCUT2D eigenvalue weighted by molar-refractivity contribution is -0.123. The maximum absolute atomic E-state index is 12.0. The van der Waals surface area contributed by atoms with Crippen molar-refractivity contribution < 1.29 is 9.21 Å². The summed E-state index contributed by atoms with van der Waals surface area (Å²) in [5.41, 5.74) is 3.73. The zero-order valence-electron chi connectivity index (χ0n) is 12.8. The third kappa shape index (κ3) is 4.46. The number of carbonyl (C=O) groups excluding carboxylic acids is 1. The Labute approximate surface area is 125 Å². The van der Waals surface area contributed by atoms with Crippen LogP contribution in [0.2, 0.25) is 0 Å². The van der Waals surface area contributed by atoms with Gasteiger partial charge in [0.25, 0.3) is 0 Å². The molecule has 2 aromatic rings. The first-order chi connectivity index (χ1) is 10.1. The van der Waals surface area contributed by atoms with Crippen molar-refractivity contribution in [2.45, 2.75) is 39.9 Å². The highest BCUT2D eigenvalue weighted by atomic mass is 16.3. The van der Waals surface area contributed by atoms with E-state index in [0.29, 0.717) is 13.1 Å². The lowest BCUT2D eigenvalue weighted by atomic mass is 10.1. The summed E-state index contributed by atoms with van der Waals surface area (Å²) in [5, 5.41) is 6.08. The zero-order valence-corrected chi connectivity index (χ0v) is 12.8. The van der Waals surface area contributed by atoms with Crippen LogP contribution in [0, 0.1) is 13.8 Å². The fourth-order valence-corrected chi connectivity index (χ4v) is 2.02. The van der Waals surface area contributed by atoms with E-state index in [1.165, 1.54) is 16.7 Å². The average Bonchev–Trinajstić information content (AvgIpc) is 2.99. The first kappa shape index (κ1) is 15.3. The number of furan rings is 1. The summed E-state index contributed by atoms with van der Waals surface area (Å²) in [5.74, 6) is 0.722. The molecule has 1 aromatic heterocycles. The minimum atomic E-state index is -0.249. The molecular weight excluding hydrogens is 264 g/mol. The van der Waals surface area contributed by atoms with Gasteiger partial charge in [-0.15, -0.1) is 0 Å². The average molecular weight is 286 g/mol. The summed E-state index contributed by atoms with van der Waals surface area (Å²) in [4.78, 5) is 12.0. The van der Waals surface area contributed by atoms with E-state index in [-0.39, 0.29) is 11.9 Å². The van der Waals surface area contributed by atoms with Crippen molar-refractivity contribution in [3.8, 4) is 0 Å². The third-order valence-electron chi connectivity index (χ3n) is 3.59. The molecule has 1 atom stereocenters. The summed E-state index contributed by atoms with van der Waals surface area (Å²) in [6, 6.07) is 9.74. The van der Waals surface area contributed by atoms with Gasteiger partial charge in [-0.05, 0) is 49.6 Å². The van der Waals surface area contributed by atoms with Gasteiger partial charge < -0.3 is 15.1 Å². The second-order valence-corrected chi connectivity index (χ2v) is 5.32. The molecule has 2 rings (SSSR count). The van der Waals surface area contributed by atoms with Crippen LogP contribution in [-0.2, 0) is 17.9 Å². The maximum atomic E-state index is 12.0. The SMILES string of the molecule is Cc1ccc(CNC(C)C(=O)NCc2ccco2)cc1C. The van der Waals surface area contributed by atoms with Crippen LogP contribution in [0.3, 0.4) is 0 Å². The van der Waals surface area contributed by atoms with Crippen molar-refractivity contribution >= 4 is 5.91 Å². The predicted molar refractivity (Wildman–Crippen MR) is 82.8 cm³/mol. The number of amides is 1. The van der Waals surface area contributed by atoms with Gasteiger partial charge in [0.2, 0.25) is 5.91 Å². The molecule has 1 heterocycles. The van der Waals surface area contributed by atoms with Gasteiger partial charge in [0, 0.05) is 6.54 Å². The molecule has 0 bridgehead atoms. The number of nitrogens with one attached hydrogen (secondary N) is 2. The minimum Gasteiger partial charge on any atom is -0.467 e. The molecule has 2 N–H and O–H groups in total. The van der Waals surface area contributed by atoms with Crippen LogP contribution < -0.4 is 10.6 Å². The lowest BCUT2D eigenvalue weighted by Gasteiger charge is -2.14. The Hall–Kier alpha value is -2.07. The van der Waals surface area contributed by atoms with E-state index in [2.05, 4.69) is 42.7 Å². The monoisotopic (exact) mass is 286 g/mol. The molecule has 0 aliphatic rings. The standard InChI is InChI=1S/C17H22N2O2/c1-12-6-7-15(9-13(12)2)10-18-14(3)17(20)19-11-16-5-4-8-21-16/h4-9,14,18H,10-11H2,1-3H3,(H,19,20). The fourth-order valence-electron chi connectivity index (χ4n) is 2.02. The smallest absolute Gasteiger partial charge is 0.237 e. The van der Waals surface area contributed by atoms with Crippen molar-refractivity contribution in [2.24, 2.45) is 0 Å². The van der Waals surface area contributed by atoms with Gasteiger partial charge in [0.05, 0.1) is 18.8 Å². The van der Waals surface area contributed by atoms with Crippen LogP contribution in [0.1, 0.15) is 29.4 Å². The molecule has 0 radical (unpaired) electrons. The van der Waals surface area contributed by atoms with Crippen molar-refractivity contribution in [2.75, 3.05) is 0 Å². The summed E-state index contributed by atoms with van der Waals surface area (Å²) in [7, 11) is 0. The molecule has 1 amide bonds. The van der Waals surface area contributed by atoms with Crippen LogP contribution in [0.5, 0.6) is 0 Å². The summed E-state index contributed by atoms with van der Waals surface area (Å²) < 4.78 is 5.18. The molecule has 0 aliphatic carbocycles. The second kappa shape index (κ2) is 7.09. The predicted octanol–water partition coefficient (Wildman–Crippen LogP) is 2.69. The van der Waals surface area contributed by atoms with Crippen molar-refractivity contribution in [3.05, 3.63) is 59.0 Å². The van der Waals surface area contributed by atoms with E-state index in [1.54, 1.807) is 6.26 Å². The molecule has 1 aromatic carbocycles. The van der Waals surface area contributed by atoms with Crippen molar-refractivity contribution in [3.63, 3.8) is 0 Å². The van der Waals surface area contributed by atoms with Crippen LogP contribution in [0.15, 0.2) is 41.0 Å². The van der Waals surface area contributed by atoms with E-state index in [4.69, 9.17) is 4.42 Å². The van der Waals surface area contributed by atoms with Crippen LogP contribution >= 0.6 is 0 Å². The molecule has 0 aliphatic heterocycles. The fraction of sp³-hybridized carbons (Fsp3) is 0.353. The molecule has 1 unspecified atom stereocenters. The first-order valence-electron chi connectivity index (χ1n) is 7.16. The number of hydrogen-bond acceptors (Lipinski definition) is 3. The highest BCUT2D eigenvalue weighted by Gasteiger charge is 2.12. The summed E-state index contributed by atoms with van der Waals surface area (Å²) >= 11 is 0. The molecule has 21 heavy (non-hydrogen) atoms. The topological polar surface area (TPSA) is 54.3 Å². The Morgan fingerprint density at radius 3 is 2.67 bits per heavy atom. The van der Waals surface area contributed by atoms with Crippen LogP contribution in [0.25, 0.3) is 0 Å². The minimum absolute atomic E-state index is 0.0322.